The zero-order valence-corrected chi connectivity index (χ0v) is 12.5. The van der Waals surface area contributed by atoms with E-state index in [-0.39, 0.29) is 5.91 Å². The van der Waals surface area contributed by atoms with Crippen molar-refractivity contribution in [2.24, 2.45) is 0 Å². The number of para-hydroxylation sites is 1. The molecule has 0 aliphatic carbocycles. The molecule has 1 aliphatic heterocycles. The molecule has 1 aromatic heterocycles. The van der Waals surface area contributed by atoms with Crippen molar-refractivity contribution in [1.82, 2.24) is 9.47 Å². The summed E-state index contributed by atoms with van der Waals surface area (Å²) in [5.41, 5.74) is 1.00. The third kappa shape index (κ3) is 2.89. The Morgan fingerprint density at radius 3 is 2.62 bits per heavy atom. The van der Waals surface area contributed by atoms with Crippen LogP contribution in [0.2, 0.25) is 0 Å². The molecule has 0 spiro atoms. The van der Waals surface area contributed by atoms with E-state index in [4.69, 9.17) is 4.74 Å². The second-order valence-electron chi connectivity index (χ2n) is 5.64. The summed E-state index contributed by atoms with van der Waals surface area (Å²) in [5, 5.41) is 1.11. The number of carbonyl (C=O) groups is 1. The van der Waals surface area contributed by atoms with Gasteiger partial charge in [0.2, 0.25) is 5.91 Å². The second-order valence-corrected chi connectivity index (χ2v) is 5.64. The molecular weight excluding hydrogens is 264 g/mol. The van der Waals surface area contributed by atoms with E-state index in [1.807, 2.05) is 39.9 Å². The Morgan fingerprint density at radius 2 is 1.90 bits per heavy atom. The van der Waals surface area contributed by atoms with Gasteiger partial charge in [-0.2, -0.15) is 0 Å². The average Bonchev–Trinajstić information content (AvgIpc) is 2.75. The summed E-state index contributed by atoms with van der Waals surface area (Å²) in [4.78, 5) is 14.5. The molecule has 2 aromatic rings. The number of ether oxygens (including phenoxy) is 1. The van der Waals surface area contributed by atoms with Gasteiger partial charge in [0, 0.05) is 24.7 Å². The molecule has 1 amide bonds. The normalized spacial score (nSPS) is 16.0. The van der Waals surface area contributed by atoms with Crippen LogP contribution in [0.3, 0.4) is 0 Å². The number of fused-ring (bicyclic) bond motifs is 1. The van der Waals surface area contributed by atoms with Crippen molar-refractivity contribution >= 4 is 16.8 Å². The Hall–Kier alpha value is -1.97. The molecule has 3 rings (SSSR count). The molecular formula is C17H22N2O2. The molecule has 112 valence electrons. The van der Waals surface area contributed by atoms with Gasteiger partial charge in [-0.25, -0.2) is 0 Å². The van der Waals surface area contributed by atoms with Crippen LogP contribution in [0.25, 0.3) is 10.9 Å². The summed E-state index contributed by atoms with van der Waals surface area (Å²) >= 11 is 0. The SMILES string of the molecule is COc1cccc2ccn(CC(=O)N3CCCCCC3)c12. The Bertz CT molecular complexity index is 625. The molecule has 0 unspecified atom stereocenters. The lowest BCUT2D eigenvalue weighted by Gasteiger charge is -2.21. The third-order valence-corrected chi connectivity index (χ3v) is 4.24. The molecule has 0 radical (unpaired) electrons. The van der Waals surface area contributed by atoms with Crippen molar-refractivity contribution in [2.75, 3.05) is 20.2 Å². The van der Waals surface area contributed by atoms with Crippen molar-refractivity contribution in [3.63, 3.8) is 0 Å². The van der Waals surface area contributed by atoms with Gasteiger partial charge in [0.25, 0.3) is 0 Å². The number of methoxy groups -OCH3 is 1. The van der Waals surface area contributed by atoms with Crippen LogP contribution in [-0.4, -0.2) is 35.6 Å². The van der Waals surface area contributed by atoms with Gasteiger partial charge in [0.1, 0.15) is 12.3 Å². The molecule has 2 heterocycles. The van der Waals surface area contributed by atoms with E-state index in [0.717, 1.165) is 42.6 Å². The number of aromatic nitrogens is 1. The van der Waals surface area contributed by atoms with Gasteiger partial charge in [-0.1, -0.05) is 25.0 Å². The highest BCUT2D eigenvalue weighted by molar-refractivity contribution is 5.87. The summed E-state index contributed by atoms with van der Waals surface area (Å²) in [6, 6.07) is 8.00. The molecule has 21 heavy (non-hydrogen) atoms. The summed E-state index contributed by atoms with van der Waals surface area (Å²) in [6.45, 7) is 2.19. The summed E-state index contributed by atoms with van der Waals surface area (Å²) in [5.74, 6) is 1.03. The Morgan fingerprint density at radius 1 is 1.14 bits per heavy atom. The first kappa shape index (κ1) is 14.0. The van der Waals surface area contributed by atoms with Gasteiger partial charge in [-0.3, -0.25) is 4.79 Å². The fraction of sp³-hybridized carbons (Fsp3) is 0.471. The molecule has 0 atom stereocenters. The first-order valence-corrected chi connectivity index (χ1v) is 7.69. The van der Waals surface area contributed by atoms with Crippen LogP contribution >= 0.6 is 0 Å². The number of likely N-dealkylation sites (tertiary alicyclic amines) is 1. The zero-order chi connectivity index (χ0) is 14.7. The van der Waals surface area contributed by atoms with Gasteiger partial charge in [-0.05, 0) is 25.0 Å². The van der Waals surface area contributed by atoms with Crippen molar-refractivity contribution in [2.45, 2.75) is 32.2 Å². The van der Waals surface area contributed by atoms with Crippen LogP contribution in [0.4, 0.5) is 0 Å². The molecule has 1 aliphatic rings. The maximum absolute atomic E-state index is 12.5. The van der Waals surface area contributed by atoms with E-state index in [1.54, 1.807) is 7.11 Å². The summed E-state index contributed by atoms with van der Waals surface area (Å²) in [7, 11) is 1.67. The number of nitrogens with zero attached hydrogens (tertiary/aromatic N) is 2. The highest BCUT2D eigenvalue weighted by atomic mass is 16.5. The number of benzene rings is 1. The highest BCUT2D eigenvalue weighted by Crippen LogP contribution is 2.26. The minimum Gasteiger partial charge on any atom is -0.495 e. The number of carbonyl (C=O) groups excluding carboxylic acids is 1. The number of hydrogen-bond acceptors (Lipinski definition) is 2. The van der Waals surface area contributed by atoms with Crippen LogP contribution in [0.1, 0.15) is 25.7 Å². The van der Waals surface area contributed by atoms with Crippen molar-refractivity contribution in [3.8, 4) is 5.75 Å². The van der Waals surface area contributed by atoms with Crippen LogP contribution in [0.15, 0.2) is 30.5 Å². The molecule has 4 nitrogen and oxygen atoms in total. The predicted octanol–water partition coefficient (Wildman–Crippen LogP) is 3.05. The van der Waals surface area contributed by atoms with E-state index >= 15 is 0 Å². The minimum atomic E-state index is 0.209. The number of hydrogen-bond donors (Lipinski definition) is 0. The first-order valence-electron chi connectivity index (χ1n) is 7.69. The summed E-state index contributed by atoms with van der Waals surface area (Å²) < 4.78 is 7.43. The van der Waals surface area contributed by atoms with E-state index < -0.39 is 0 Å². The maximum atomic E-state index is 12.5. The topological polar surface area (TPSA) is 34.5 Å². The molecule has 1 saturated heterocycles. The van der Waals surface area contributed by atoms with Crippen LogP contribution in [0.5, 0.6) is 5.75 Å². The van der Waals surface area contributed by atoms with Gasteiger partial charge in [-0.15, -0.1) is 0 Å². The van der Waals surface area contributed by atoms with Crippen LogP contribution < -0.4 is 4.74 Å². The van der Waals surface area contributed by atoms with Gasteiger partial charge < -0.3 is 14.2 Å². The average molecular weight is 286 g/mol. The minimum absolute atomic E-state index is 0.209. The van der Waals surface area contributed by atoms with Crippen LogP contribution in [-0.2, 0) is 11.3 Å². The second kappa shape index (κ2) is 6.20. The first-order chi connectivity index (χ1) is 10.3. The van der Waals surface area contributed by atoms with Gasteiger partial charge in [0.15, 0.2) is 0 Å². The zero-order valence-electron chi connectivity index (χ0n) is 12.5. The Kier molecular flexibility index (Phi) is 4.13. The largest absolute Gasteiger partial charge is 0.495 e. The standard InChI is InChI=1S/C17H22N2O2/c1-21-15-8-6-7-14-9-12-19(17(14)15)13-16(20)18-10-4-2-3-5-11-18/h6-9,12H,2-5,10-11,13H2,1H3. The van der Waals surface area contributed by atoms with E-state index in [0.29, 0.717) is 6.54 Å². The smallest absolute Gasteiger partial charge is 0.242 e. The monoisotopic (exact) mass is 286 g/mol. The summed E-state index contributed by atoms with van der Waals surface area (Å²) in [6.07, 6.45) is 6.71. The number of rotatable bonds is 3. The molecule has 1 fully saturated rings. The lowest BCUT2D eigenvalue weighted by Crippen LogP contribution is -2.34. The van der Waals surface area contributed by atoms with Crippen molar-refractivity contribution in [1.29, 1.82) is 0 Å². The van der Waals surface area contributed by atoms with Crippen molar-refractivity contribution < 1.29 is 9.53 Å². The number of amides is 1. The lowest BCUT2D eigenvalue weighted by molar-refractivity contribution is -0.131. The van der Waals surface area contributed by atoms with Gasteiger partial charge in [0.05, 0.1) is 12.6 Å². The molecule has 0 N–H and O–H groups in total. The molecule has 1 aromatic carbocycles. The molecule has 4 heteroatoms. The van der Waals surface area contributed by atoms with Gasteiger partial charge >= 0.3 is 0 Å². The Balaban J connectivity index is 1.82. The lowest BCUT2D eigenvalue weighted by atomic mass is 10.2. The third-order valence-electron chi connectivity index (χ3n) is 4.24. The Labute approximate surface area is 125 Å². The van der Waals surface area contributed by atoms with E-state index in [1.165, 1.54) is 12.8 Å². The predicted molar refractivity (Wildman–Crippen MR) is 83.5 cm³/mol. The highest BCUT2D eigenvalue weighted by Gasteiger charge is 2.17. The van der Waals surface area contributed by atoms with E-state index in [2.05, 4.69) is 0 Å². The molecule has 0 bridgehead atoms. The maximum Gasteiger partial charge on any atom is 0.242 e. The van der Waals surface area contributed by atoms with Crippen molar-refractivity contribution in [3.05, 3.63) is 30.5 Å². The quantitative estimate of drug-likeness (QED) is 0.869. The molecule has 0 saturated carbocycles. The fourth-order valence-corrected chi connectivity index (χ4v) is 3.09. The fourth-order valence-electron chi connectivity index (χ4n) is 3.09. The van der Waals surface area contributed by atoms with E-state index in [9.17, 15) is 4.79 Å². The van der Waals surface area contributed by atoms with Crippen LogP contribution in [0, 0.1) is 0 Å².